The minimum absolute atomic E-state index is 0.0496. The Hall–Kier alpha value is -3.54. The number of aromatic hydroxyl groups is 1. The molecule has 3 aromatic carbocycles. The van der Waals surface area contributed by atoms with Crippen molar-refractivity contribution < 1.29 is 28.8 Å². The van der Waals surface area contributed by atoms with Gasteiger partial charge in [0.05, 0.1) is 21.3 Å². The van der Waals surface area contributed by atoms with Crippen molar-refractivity contribution in [2.75, 3.05) is 21.3 Å². The number of rotatable bonds is 9. The molecule has 6 heteroatoms. The highest BCUT2D eigenvalue weighted by Crippen LogP contribution is 2.37. The smallest absolute Gasteiger partial charge is 0.200 e. The number of aryl methyl sites for hydroxylation is 1. The van der Waals surface area contributed by atoms with E-state index >= 15 is 0 Å². The number of para-hydroxylation sites is 1. The lowest BCUT2D eigenvalue weighted by molar-refractivity contribution is 0.262. The van der Waals surface area contributed by atoms with Crippen molar-refractivity contribution in [2.45, 2.75) is 20.1 Å². The molecule has 0 heterocycles. The van der Waals surface area contributed by atoms with E-state index in [2.05, 4.69) is 0 Å². The highest BCUT2D eigenvalue weighted by molar-refractivity contribution is 5.50. The number of hydrogen-bond donors (Lipinski definition) is 1. The maximum absolute atomic E-state index is 10.6. The van der Waals surface area contributed by atoms with Crippen LogP contribution in [0.4, 0.5) is 0 Å². The average Bonchev–Trinajstić information content (AvgIpc) is 2.78. The van der Waals surface area contributed by atoms with Gasteiger partial charge in [-0.1, -0.05) is 18.2 Å². The zero-order valence-corrected chi connectivity index (χ0v) is 17.6. The molecule has 0 aliphatic rings. The molecule has 3 aromatic rings. The SMILES string of the molecule is COc1cc(COc2cccc(OCc3ccc(C)c(OC)c3)c2O)cc(OC)c1. The molecule has 0 aromatic heterocycles. The molecule has 0 unspecified atom stereocenters. The Kier molecular flexibility index (Phi) is 6.91. The monoisotopic (exact) mass is 410 g/mol. The van der Waals surface area contributed by atoms with Crippen LogP contribution in [-0.2, 0) is 13.2 Å². The number of phenolic OH excluding ortho intramolecular Hbond substituents is 1. The molecule has 0 aliphatic heterocycles. The minimum atomic E-state index is -0.0496. The summed E-state index contributed by atoms with van der Waals surface area (Å²) in [6.45, 7) is 2.51. The second-order valence-corrected chi connectivity index (χ2v) is 6.71. The maximum Gasteiger partial charge on any atom is 0.200 e. The molecule has 3 rings (SSSR count). The van der Waals surface area contributed by atoms with Crippen LogP contribution < -0.4 is 23.7 Å². The van der Waals surface area contributed by atoms with Crippen molar-refractivity contribution in [1.29, 1.82) is 0 Å². The predicted octanol–water partition coefficient (Wildman–Crippen LogP) is 4.88. The highest BCUT2D eigenvalue weighted by atomic mass is 16.5. The first-order valence-electron chi connectivity index (χ1n) is 9.47. The van der Waals surface area contributed by atoms with Crippen molar-refractivity contribution in [3.63, 3.8) is 0 Å². The van der Waals surface area contributed by atoms with Crippen molar-refractivity contribution in [1.82, 2.24) is 0 Å². The number of ether oxygens (including phenoxy) is 5. The van der Waals surface area contributed by atoms with Gasteiger partial charge in [-0.15, -0.1) is 0 Å². The average molecular weight is 410 g/mol. The van der Waals surface area contributed by atoms with E-state index in [0.717, 1.165) is 22.4 Å². The molecule has 158 valence electrons. The highest BCUT2D eigenvalue weighted by Gasteiger charge is 2.11. The van der Waals surface area contributed by atoms with Crippen molar-refractivity contribution in [3.8, 4) is 34.5 Å². The number of benzene rings is 3. The van der Waals surface area contributed by atoms with E-state index < -0.39 is 0 Å². The van der Waals surface area contributed by atoms with Gasteiger partial charge in [0, 0.05) is 6.07 Å². The first-order valence-corrected chi connectivity index (χ1v) is 9.47. The van der Waals surface area contributed by atoms with E-state index in [1.807, 2.05) is 37.3 Å². The lowest BCUT2D eigenvalue weighted by atomic mass is 10.1. The molecule has 1 N–H and O–H groups in total. The maximum atomic E-state index is 10.6. The van der Waals surface area contributed by atoms with Crippen LogP contribution in [0.15, 0.2) is 54.6 Å². The van der Waals surface area contributed by atoms with E-state index in [4.69, 9.17) is 23.7 Å². The van der Waals surface area contributed by atoms with Gasteiger partial charge >= 0.3 is 0 Å². The van der Waals surface area contributed by atoms with Crippen molar-refractivity contribution in [3.05, 3.63) is 71.3 Å². The Balaban J connectivity index is 1.69. The summed E-state index contributed by atoms with van der Waals surface area (Å²) in [6.07, 6.45) is 0. The first-order chi connectivity index (χ1) is 14.5. The summed E-state index contributed by atoms with van der Waals surface area (Å²) in [7, 11) is 4.82. The molecular formula is C24H26O6. The third-order valence-electron chi connectivity index (χ3n) is 4.63. The van der Waals surface area contributed by atoms with Gasteiger partial charge in [-0.25, -0.2) is 0 Å². The van der Waals surface area contributed by atoms with Crippen LogP contribution in [0.3, 0.4) is 0 Å². The van der Waals surface area contributed by atoms with Gasteiger partial charge in [-0.2, -0.15) is 0 Å². The zero-order valence-electron chi connectivity index (χ0n) is 17.6. The third-order valence-corrected chi connectivity index (χ3v) is 4.63. The zero-order chi connectivity index (χ0) is 21.5. The van der Waals surface area contributed by atoms with Crippen LogP contribution in [0.1, 0.15) is 16.7 Å². The predicted molar refractivity (Wildman–Crippen MR) is 114 cm³/mol. The summed E-state index contributed by atoms with van der Waals surface area (Å²) in [5.74, 6) is 2.76. The molecule has 0 spiro atoms. The molecule has 0 bridgehead atoms. The van der Waals surface area contributed by atoms with Gasteiger partial charge < -0.3 is 28.8 Å². The van der Waals surface area contributed by atoms with Crippen molar-refractivity contribution in [2.24, 2.45) is 0 Å². The van der Waals surface area contributed by atoms with Crippen LogP contribution in [0, 0.1) is 6.92 Å². The quantitative estimate of drug-likeness (QED) is 0.542. The molecule has 0 saturated carbocycles. The molecule has 6 nitrogen and oxygen atoms in total. The summed E-state index contributed by atoms with van der Waals surface area (Å²) in [4.78, 5) is 0. The van der Waals surface area contributed by atoms with Crippen LogP contribution >= 0.6 is 0 Å². The van der Waals surface area contributed by atoms with E-state index in [1.165, 1.54) is 0 Å². The molecule has 0 atom stereocenters. The fourth-order valence-electron chi connectivity index (χ4n) is 2.96. The lowest BCUT2D eigenvalue weighted by Gasteiger charge is -2.14. The van der Waals surface area contributed by atoms with Crippen LogP contribution in [0.2, 0.25) is 0 Å². The van der Waals surface area contributed by atoms with Gasteiger partial charge in [0.2, 0.25) is 5.75 Å². The summed E-state index contributed by atoms with van der Waals surface area (Å²) in [5, 5.41) is 10.6. The van der Waals surface area contributed by atoms with E-state index in [9.17, 15) is 5.11 Å². The Morgan fingerprint density at radius 3 is 1.83 bits per heavy atom. The molecule has 0 fully saturated rings. The first kappa shape index (κ1) is 21.2. The largest absolute Gasteiger partial charge is 0.502 e. The van der Waals surface area contributed by atoms with Crippen LogP contribution in [-0.4, -0.2) is 26.4 Å². The molecule has 0 radical (unpaired) electrons. The number of phenols is 1. The molecule has 0 saturated heterocycles. The van der Waals surface area contributed by atoms with Crippen LogP contribution in [0.5, 0.6) is 34.5 Å². The molecule has 0 aliphatic carbocycles. The topological polar surface area (TPSA) is 66.4 Å². The second kappa shape index (κ2) is 9.78. The van der Waals surface area contributed by atoms with Gasteiger partial charge in [0.25, 0.3) is 0 Å². The Bertz CT molecular complexity index is 977. The normalized spacial score (nSPS) is 10.4. The summed E-state index contributed by atoms with van der Waals surface area (Å²) < 4.78 is 27.5. The minimum Gasteiger partial charge on any atom is -0.502 e. The number of methoxy groups -OCH3 is 3. The number of hydrogen-bond acceptors (Lipinski definition) is 6. The Morgan fingerprint density at radius 2 is 1.27 bits per heavy atom. The second-order valence-electron chi connectivity index (χ2n) is 6.71. The molecule has 0 amide bonds. The van der Waals surface area contributed by atoms with E-state index in [0.29, 0.717) is 29.6 Å². The van der Waals surface area contributed by atoms with Gasteiger partial charge in [0.1, 0.15) is 30.5 Å². The molecule has 30 heavy (non-hydrogen) atoms. The lowest BCUT2D eigenvalue weighted by Crippen LogP contribution is -2.00. The van der Waals surface area contributed by atoms with Crippen molar-refractivity contribution >= 4 is 0 Å². The fraction of sp³-hybridized carbons (Fsp3) is 0.250. The summed E-state index contributed by atoms with van der Waals surface area (Å²) in [6, 6.07) is 16.5. The third kappa shape index (κ3) is 5.08. The van der Waals surface area contributed by atoms with E-state index in [-0.39, 0.29) is 12.4 Å². The van der Waals surface area contributed by atoms with Crippen LogP contribution in [0.25, 0.3) is 0 Å². The fourth-order valence-corrected chi connectivity index (χ4v) is 2.96. The Morgan fingerprint density at radius 1 is 0.667 bits per heavy atom. The molecular weight excluding hydrogens is 384 g/mol. The Labute approximate surface area is 176 Å². The van der Waals surface area contributed by atoms with Gasteiger partial charge in [0.15, 0.2) is 11.5 Å². The standard InChI is InChI=1S/C24H26O6/c1-16-8-9-17(12-23(16)28-4)14-29-21-6-5-7-22(24(21)25)30-15-18-10-19(26-2)13-20(11-18)27-3/h5-13,25H,14-15H2,1-4H3. The summed E-state index contributed by atoms with van der Waals surface area (Å²) in [5.41, 5.74) is 2.84. The summed E-state index contributed by atoms with van der Waals surface area (Å²) >= 11 is 0. The van der Waals surface area contributed by atoms with Gasteiger partial charge in [-0.3, -0.25) is 0 Å². The van der Waals surface area contributed by atoms with E-state index in [1.54, 1.807) is 45.6 Å². The van der Waals surface area contributed by atoms with Gasteiger partial charge in [-0.05, 0) is 53.9 Å².